The van der Waals surface area contributed by atoms with E-state index in [2.05, 4.69) is 38.2 Å². The maximum absolute atomic E-state index is 13.6. The van der Waals surface area contributed by atoms with Gasteiger partial charge in [-0.25, -0.2) is 19.3 Å². The standard InChI is InChI=1S/C20H21FN6O/c1-12(26-20-18-19(23-10-22-18)24-11-25-20)15-8-13-5-6-14(21)9-17(13)27-16(15)4-3-7-28-2/h5-6,8-12H,3-4,7H2,1-2H3,(H2,22,23,24,25,26). The summed E-state index contributed by atoms with van der Waals surface area (Å²) in [5, 5.41) is 4.32. The molecule has 1 atom stereocenters. The van der Waals surface area contributed by atoms with Crippen LogP contribution in [0, 0.1) is 5.82 Å². The first-order valence-electron chi connectivity index (χ1n) is 9.14. The third-order valence-corrected chi connectivity index (χ3v) is 4.70. The van der Waals surface area contributed by atoms with Gasteiger partial charge in [-0.3, -0.25) is 4.98 Å². The summed E-state index contributed by atoms with van der Waals surface area (Å²) in [7, 11) is 1.68. The molecule has 0 saturated carbocycles. The molecule has 0 bridgehead atoms. The molecule has 0 amide bonds. The Morgan fingerprint density at radius 1 is 1.21 bits per heavy atom. The fourth-order valence-electron chi connectivity index (χ4n) is 3.31. The Labute approximate surface area is 161 Å². The largest absolute Gasteiger partial charge is 0.385 e. The number of hydrogen-bond acceptors (Lipinski definition) is 6. The number of methoxy groups -OCH3 is 1. The number of halogens is 1. The molecule has 4 rings (SSSR count). The molecule has 2 N–H and O–H groups in total. The fraction of sp³-hybridized carbons (Fsp3) is 0.300. The topological polar surface area (TPSA) is 88.6 Å². The van der Waals surface area contributed by atoms with Crippen LogP contribution < -0.4 is 5.32 Å². The Kier molecular flexibility index (Phi) is 5.12. The van der Waals surface area contributed by atoms with E-state index >= 15 is 0 Å². The van der Waals surface area contributed by atoms with Crippen LogP contribution in [0.15, 0.2) is 36.9 Å². The number of aromatic amines is 1. The molecule has 28 heavy (non-hydrogen) atoms. The molecule has 0 spiro atoms. The van der Waals surface area contributed by atoms with Crippen molar-refractivity contribution in [2.75, 3.05) is 19.0 Å². The second kappa shape index (κ2) is 7.85. The lowest BCUT2D eigenvalue weighted by molar-refractivity contribution is 0.195. The van der Waals surface area contributed by atoms with Crippen molar-refractivity contribution in [3.05, 3.63) is 54.0 Å². The normalized spacial score (nSPS) is 12.5. The molecule has 3 heterocycles. The summed E-state index contributed by atoms with van der Waals surface area (Å²) in [6.45, 7) is 2.70. The number of fused-ring (bicyclic) bond motifs is 2. The highest BCUT2D eigenvalue weighted by molar-refractivity contribution is 5.83. The highest BCUT2D eigenvalue weighted by Gasteiger charge is 2.16. The van der Waals surface area contributed by atoms with E-state index in [1.54, 1.807) is 19.5 Å². The summed E-state index contributed by atoms with van der Waals surface area (Å²) in [6.07, 6.45) is 4.66. The second-order valence-corrected chi connectivity index (χ2v) is 6.65. The monoisotopic (exact) mass is 380 g/mol. The molecule has 8 heteroatoms. The minimum absolute atomic E-state index is 0.0686. The molecule has 0 aliphatic heterocycles. The molecule has 4 aromatic rings. The zero-order valence-electron chi connectivity index (χ0n) is 15.7. The maximum atomic E-state index is 13.6. The average molecular weight is 380 g/mol. The minimum Gasteiger partial charge on any atom is -0.385 e. The van der Waals surface area contributed by atoms with Crippen molar-refractivity contribution in [3.63, 3.8) is 0 Å². The molecule has 0 aliphatic carbocycles. The first-order valence-corrected chi connectivity index (χ1v) is 9.14. The van der Waals surface area contributed by atoms with E-state index in [1.807, 2.05) is 0 Å². The third-order valence-electron chi connectivity index (χ3n) is 4.70. The molecule has 0 fully saturated rings. The number of ether oxygens (including phenoxy) is 1. The number of pyridine rings is 1. The number of aryl methyl sites for hydroxylation is 1. The SMILES string of the molecule is COCCCc1nc2cc(F)ccc2cc1C(C)Nc1ncnc2nc[nH]c12. The van der Waals surface area contributed by atoms with E-state index in [-0.39, 0.29) is 11.9 Å². The van der Waals surface area contributed by atoms with Crippen LogP contribution >= 0.6 is 0 Å². The lowest BCUT2D eigenvalue weighted by Gasteiger charge is -2.19. The number of aromatic nitrogens is 5. The lowest BCUT2D eigenvalue weighted by Crippen LogP contribution is -2.13. The first kappa shape index (κ1) is 18.2. The number of nitrogens with one attached hydrogen (secondary N) is 2. The van der Waals surface area contributed by atoms with Crippen molar-refractivity contribution in [2.45, 2.75) is 25.8 Å². The van der Waals surface area contributed by atoms with Crippen molar-refractivity contribution >= 4 is 27.9 Å². The van der Waals surface area contributed by atoms with E-state index in [0.29, 0.717) is 23.6 Å². The van der Waals surface area contributed by atoms with Crippen LogP contribution in [0.5, 0.6) is 0 Å². The van der Waals surface area contributed by atoms with Gasteiger partial charge in [-0.05, 0) is 43.5 Å². The van der Waals surface area contributed by atoms with Crippen molar-refractivity contribution in [3.8, 4) is 0 Å². The zero-order chi connectivity index (χ0) is 19.5. The predicted octanol–water partition coefficient (Wildman–Crippen LogP) is 3.79. The van der Waals surface area contributed by atoms with Crippen molar-refractivity contribution < 1.29 is 9.13 Å². The summed E-state index contributed by atoms with van der Waals surface area (Å²) in [5.41, 5.74) is 3.98. The number of H-pyrrole nitrogens is 1. The van der Waals surface area contributed by atoms with Gasteiger partial charge in [-0.2, -0.15) is 0 Å². The third kappa shape index (κ3) is 3.63. The van der Waals surface area contributed by atoms with Gasteiger partial charge in [-0.1, -0.05) is 0 Å². The second-order valence-electron chi connectivity index (χ2n) is 6.65. The molecule has 0 aliphatic rings. The van der Waals surface area contributed by atoms with Crippen LogP contribution in [0.1, 0.15) is 30.6 Å². The molecule has 0 saturated heterocycles. The van der Waals surface area contributed by atoms with Crippen LogP contribution in [-0.2, 0) is 11.2 Å². The number of hydrogen-bond donors (Lipinski definition) is 2. The van der Waals surface area contributed by atoms with Crippen LogP contribution in [0.25, 0.3) is 22.1 Å². The van der Waals surface area contributed by atoms with Crippen LogP contribution in [-0.4, -0.2) is 38.6 Å². The molecule has 144 valence electrons. The van der Waals surface area contributed by atoms with Gasteiger partial charge in [0.05, 0.1) is 17.9 Å². The van der Waals surface area contributed by atoms with Crippen LogP contribution in [0.3, 0.4) is 0 Å². The number of benzene rings is 1. The Morgan fingerprint density at radius 3 is 2.96 bits per heavy atom. The molecule has 3 aromatic heterocycles. The molecule has 7 nitrogen and oxygen atoms in total. The Bertz CT molecular complexity index is 1110. The highest BCUT2D eigenvalue weighted by Crippen LogP contribution is 2.27. The van der Waals surface area contributed by atoms with E-state index in [0.717, 1.165) is 35.0 Å². The van der Waals surface area contributed by atoms with Crippen molar-refractivity contribution in [1.82, 2.24) is 24.9 Å². The van der Waals surface area contributed by atoms with Gasteiger partial charge in [0.1, 0.15) is 17.7 Å². The predicted molar refractivity (Wildman–Crippen MR) is 106 cm³/mol. The summed E-state index contributed by atoms with van der Waals surface area (Å²) in [6, 6.07) is 6.67. The van der Waals surface area contributed by atoms with Gasteiger partial charge in [-0.15, -0.1) is 0 Å². The van der Waals surface area contributed by atoms with E-state index in [4.69, 9.17) is 9.72 Å². The molecular formula is C20H21FN6O. The number of nitrogens with zero attached hydrogens (tertiary/aromatic N) is 4. The lowest BCUT2D eigenvalue weighted by atomic mass is 10.0. The van der Waals surface area contributed by atoms with Gasteiger partial charge in [0.15, 0.2) is 11.5 Å². The van der Waals surface area contributed by atoms with Gasteiger partial charge < -0.3 is 15.0 Å². The van der Waals surface area contributed by atoms with E-state index in [1.165, 1.54) is 18.5 Å². The van der Waals surface area contributed by atoms with Crippen LogP contribution in [0.4, 0.5) is 10.2 Å². The van der Waals surface area contributed by atoms with E-state index < -0.39 is 0 Å². The average Bonchev–Trinajstić information content (AvgIpc) is 3.17. The first-order chi connectivity index (χ1) is 13.7. The van der Waals surface area contributed by atoms with E-state index in [9.17, 15) is 4.39 Å². The molecule has 1 aromatic carbocycles. The Hall–Kier alpha value is -3.13. The quantitative estimate of drug-likeness (QED) is 0.474. The van der Waals surface area contributed by atoms with Gasteiger partial charge in [0, 0.05) is 30.9 Å². The van der Waals surface area contributed by atoms with Gasteiger partial charge in [0.2, 0.25) is 0 Å². The molecule has 1 unspecified atom stereocenters. The molecule has 0 radical (unpaired) electrons. The number of imidazole rings is 1. The summed E-state index contributed by atoms with van der Waals surface area (Å²) in [4.78, 5) is 20.5. The van der Waals surface area contributed by atoms with Crippen molar-refractivity contribution in [1.29, 1.82) is 0 Å². The fourth-order valence-corrected chi connectivity index (χ4v) is 3.31. The maximum Gasteiger partial charge on any atom is 0.182 e. The Balaban J connectivity index is 1.71. The zero-order valence-corrected chi connectivity index (χ0v) is 15.7. The van der Waals surface area contributed by atoms with Crippen molar-refractivity contribution in [2.24, 2.45) is 0 Å². The van der Waals surface area contributed by atoms with Gasteiger partial charge in [0.25, 0.3) is 0 Å². The van der Waals surface area contributed by atoms with Gasteiger partial charge >= 0.3 is 0 Å². The molecular weight excluding hydrogens is 359 g/mol. The summed E-state index contributed by atoms with van der Waals surface area (Å²) in [5.74, 6) is 0.390. The smallest absolute Gasteiger partial charge is 0.182 e. The highest BCUT2D eigenvalue weighted by atomic mass is 19.1. The Morgan fingerprint density at radius 2 is 2.11 bits per heavy atom. The van der Waals surface area contributed by atoms with Crippen LogP contribution in [0.2, 0.25) is 0 Å². The minimum atomic E-state index is -0.288. The number of anilines is 1. The number of rotatable bonds is 7. The summed E-state index contributed by atoms with van der Waals surface area (Å²) >= 11 is 0. The summed E-state index contributed by atoms with van der Waals surface area (Å²) < 4.78 is 18.8.